The monoisotopic (exact) mass is 124 g/mol. The van der Waals surface area contributed by atoms with E-state index >= 15 is 0 Å². The van der Waals surface area contributed by atoms with Crippen LogP contribution < -0.4 is 0 Å². The van der Waals surface area contributed by atoms with Gasteiger partial charge in [-0.2, -0.15) is 0 Å². The van der Waals surface area contributed by atoms with Gasteiger partial charge in [0.1, 0.15) is 0 Å². The highest BCUT2D eigenvalue weighted by atomic mass is 14.0. The van der Waals surface area contributed by atoms with Crippen molar-refractivity contribution in [3.8, 4) is 0 Å². The second-order valence-corrected chi connectivity index (χ2v) is 2.21. The predicted octanol–water partition coefficient (Wildman–Crippen LogP) is 3.16. The van der Waals surface area contributed by atoms with Crippen LogP contribution in [-0.2, 0) is 0 Å². The van der Waals surface area contributed by atoms with Crippen LogP contribution in [0.5, 0.6) is 0 Å². The van der Waals surface area contributed by atoms with E-state index in [1.54, 1.807) is 0 Å². The van der Waals surface area contributed by atoms with Crippen molar-refractivity contribution < 1.29 is 0 Å². The summed E-state index contributed by atoms with van der Waals surface area (Å²) in [5.41, 5.74) is 0. The van der Waals surface area contributed by atoms with Gasteiger partial charge in [0.2, 0.25) is 0 Å². The molecule has 0 heterocycles. The molecule has 9 heavy (non-hydrogen) atoms. The van der Waals surface area contributed by atoms with Crippen molar-refractivity contribution in [3.05, 3.63) is 24.8 Å². The van der Waals surface area contributed by atoms with E-state index in [0.29, 0.717) is 5.92 Å². The summed E-state index contributed by atoms with van der Waals surface area (Å²) in [5, 5.41) is 0. The third-order valence-corrected chi connectivity index (χ3v) is 1.53. The molecule has 0 aromatic carbocycles. The Morgan fingerprint density at radius 1 is 1.56 bits per heavy atom. The van der Waals surface area contributed by atoms with Crippen LogP contribution in [0.25, 0.3) is 0 Å². The van der Waals surface area contributed by atoms with Gasteiger partial charge in [0.05, 0.1) is 0 Å². The SMILES string of the molecule is C=CC(CC)CC=CC. The Kier molecular flexibility index (Phi) is 5.29. The van der Waals surface area contributed by atoms with Gasteiger partial charge in [0.15, 0.2) is 0 Å². The molecule has 0 aromatic rings. The molecule has 0 radical (unpaired) electrons. The maximum absolute atomic E-state index is 3.75. The molecule has 0 saturated heterocycles. The zero-order valence-corrected chi connectivity index (χ0v) is 6.43. The van der Waals surface area contributed by atoms with Crippen molar-refractivity contribution in [2.45, 2.75) is 26.7 Å². The summed E-state index contributed by atoms with van der Waals surface area (Å²) < 4.78 is 0. The van der Waals surface area contributed by atoms with E-state index in [0.717, 1.165) is 6.42 Å². The Labute approximate surface area is 58.3 Å². The van der Waals surface area contributed by atoms with Gasteiger partial charge in [-0.1, -0.05) is 25.2 Å². The summed E-state index contributed by atoms with van der Waals surface area (Å²) in [6.07, 6.45) is 8.66. The Balaban J connectivity index is 3.42. The zero-order chi connectivity index (χ0) is 7.11. The number of rotatable bonds is 4. The molecular formula is C9H16. The molecule has 0 nitrogen and oxygen atoms in total. The van der Waals surface area contributed by atoms with Crippen LogP contribution in [0, 0.1) is 5.92 Å². The van der Waals surface area contributed by atoms with Gasteiger partial charge in [-0.3, -0.25) is 0 Å². The number of hydrogen-bond donors (Lipinski definition) is 0. The van der Waals surface area contributed by atoms with E-state index in [1.807, 2.05) is 6.08 Å². The van der Waals surface area contributed by atoms with Crippen molar-refractivity contribution in [3.63, 3.8) is 0 Å². The van der Waals surface area contributed by atoms with Crippen LogP contribution in [0.15, 0.2) is 24.8 Å². The quantitative estimate of drug-likeness (QED) is 0.505. The summed E-state index contributed by atoms with van der Waals surface area (Å²) in [5.74, 6) is 0.682. The van der Waals surface area contributed by atoms with Crippen molar-refractivity contribution in [1.82, 2.24) is 0 Å². The fourth-order valence-corrected chi connectivity index (χ4v) is 0.740. The molecule has 0 N–H and O–H groups in total. The maximum Gasteiger partial charge on any atom is -0.0204 e. The van der Waals surface area contributed by atoms with Crippen molar-refractivity contribution in [2.75, 3.05) is 0 Å². The van der Waals surface area contributed by atoms with E-state index in [4.69, 9.17) is 0 Å². The Morgan fingerprint density at radius 2 is 2.22 bits per heavy atom. The fourth-order valence-electron chi connectivity index (χ4n) is 0.740. The van der Waals surface area contributed by atoms with Crippen LogP contribution in [0.1, 0.15) is 26.7 Å². The lowest BCUT2D eigenvalue weighted by molar-refractivity contribution is 0.639. The summed E-state index contributed by atoms with van der Waals surface area (Å²) in [4.78, 5) is 0. The number of hydrogen-bond acceptors (Lipinski definition) is 0. The van der Waals surface area contributed by atoms with Crippen molar-refractivity contribution >= 4 is 0 Å². The van der Waals surface area contributed by atoms with Gasteiger partial charge in [-0.05, 0) is 25.7 Å². The molecule has 52 valence electrons. The van der Waals surface area contributed by atoms with Crippen molar-refractivity contribution in [1.29, 1.82) is 0 Å². The third kappa shape index (κ3) is 4.01. The molecule has 0 bridgehead atoms. The minimum atomic E-state index is 0.682. The first-order valence-corrected chi connectivity index (χ1v) is 3.58. The summed E-state index contributed by atoms with van der Waals surface area (Å²) >= 11 is 0. The van der Waals surface area contributed by atoms with Gasteiger partial charge >= 0.3 is 0 Å². The minimum Gasteiger partial charge on any atom is -0.103 e. The highest BCUT2D eigenvalue weighted by Gasteiger charge is 1.94. The fraction of sp³-hybridized carbons (Fsp3) is 0.556. The normalized spacial score (nSPS) is 14.0. The third-order valence-electron chi connectivity index (χ3n) is 1.53. The molecule has 0 rings (SSSR count). The van der Waals surface area contributed by atoms with E-state index < -0.39 is 0 Å². The summed E-state index contributed by atoms with van der Waals surface area (Å²) in [7, 11) is 0. The van der Waals surface area contributed by atoms with Crippen LogP contribution in [0.4, 0.5) is 0 Å². The lowest BCUT2D eigenvalue weighted by Crippen LogP contribution is -1.89. The van der Waals surface area contributed by atoms with E-state index in [-0.39, 0.29) is 0 Å². The molecule has 0 fully saturated rings. The summed E-state index contributed by atoms with van der Waals surface area (Å²) in [6, 6.07) is 0. The highest BCUT2D eigenvalue weighted by Crippen LogP contribution is 2.08. The smallest absolute Gasteiger partial charge is 0.0204 e. The topological polar surface area (TPSA) is 0 Å². The van der Waals surface area contributed by atoms with Gasteiger partial charge in [-0.25, -0.2) is 0 Å². The molecule has 0 heteroatoms. The minimum absolute atomic E-state index is 0.682. The first kappa shape index (κ1) is 8.48. The lowest BCUT2D eigenvalue weighted by atomic mass is 10.0. The molecule has 1 atom stereocenters. The zero-order valence-electron chi connectivity index (χ0n) is 6.43. The van der Waals surface area contributed by atoms with Crippen LogP contribution in [0.3, 0.4) is 0 Å². The molecule has 0 aliphatic heterocycles. The van der Waals surface area contributed by atoms with Crippen molar-refractivity contribution in [2.24, 2.45) is 5.92 Å². The Morgan fingerprint density at radius 3 is 2.56 bits per heavy atom. The average Bonchev–Trinajstić information content (AvgIpc) is 1.91. The highest BCUT2D eigenvalue weighted by molar-refractivity contribution is 4.87. The first-order valence-electron chi connectivity index (χ1n) is 3.58. The lowest BCUT2D eigenvalue weighted by Gasteiger charge is -2.03. The Hall–Kier alpha value is -0.520. The van der Waals surface area contributed by atoms with E-state index in [9.17, 15) is 0 Å². The number of allylic oxidation sites excluding steroid dienone is 3. The maximum atomic E-state index is 3.75. The van der Waals surface area contributed by atoms with E-state index in [1.165, 1.54) is 6.42 Å². The second-order valence-electron chi connectivity index (χ2n) is 2.21. The predicted molar refractivity (Wildman–Crippen MR) is 43.4 cm³/mol. The molecular weight excluding hydrogens is 108 g/mol. The molecule has 0 aliphatic rings. The van der Waals surface area contributed by atoms with Gasteiger partial charge in [0.25, 0.3) is 0 Å². The first-order chi connectivity index (χ1) is 4.35. The van der Waals surface area contributed by atoms with Gasteiger partial charge in [0, 0.05) is 0 Å². The van der Waals surface area contributed by atoms with Crippen LogP contribution >= 0.6 is 0 Å². The average molecular weight is 124 g/mol. The second kappa shape index (κ2) is 5.61. The van der Waals surface area contributed by atoms with Gasteiger partial charge < -0.3 is 0 Å². The van der Waals surface area contributed by atoms with Crippen LogP contribution in [-0.4, -0.2) is 0 Å². The molecule has 1 unspecified atom stereocenters. The molecule has 0 spiro atoms. The molecule has 0 aliphatic carbocycles. The Bertz CT molecular complexity index is 90.2. The standard InChI is InChI=1S/C9H16/c1-4-7-8-9(5-2)6-3/h4-5,7,9H,2,6,8H2,1,3H3. The van der Waals surface area contributed by atoms with Gasteiger partial charge in [-0.15, -0.1) is 6.58 Å². The largest absolute Gasteiger partial charge is 0.103 e. The molecule has 0 aromatic heterocycles. The van der Waals surface area contributed by atoms with E-state index in [2.05, 4.69) is 32.6 Å². The molecule has 0 saturated carbocycles. The molecule has 0 amide bonds. The van der Waals surface area contributed by atoms with Crippen LogP contribution in [0.2, 0.25) is 0 Å². The summed E-state index contributed by atoms with van der Waals surface area (Å²) in [6.45, 7) is 7.99.